The third kappa shape index (κ3) is 2.51. The molecule has 1 aromatic heterocycles. The summed E-state index contributed by atoms with van der Waals surface area (Å²) in [5.74, 6) is 1.28. The lowest BCUT2D eigenvalue weighted by Crippen LogP contribution is -1.96. The molecule has 94 valence electrons. The van der Waals surface area contributed by atoms with Crippen molar-refractivity contribution < 1.29 is 0 Å². The quantitative estimate of drug-likeness (QED) is 0.727. The minimum Gasteiger partial charge on any atom is -0.338 e. The normalized spacial score (nSPS) is 10.6. The lowest BCUT2D eigenvalue weighted by Gasteiger charge is -2.08. The summed E-state index contributed by atoms with van der Waals surface area (Å²) in [7, 11) is 0. The lowest BCUT2D eigenvalue weighted by molar-refractivity contribution is 1.05. The predicted molar refractivity (Wildman–Crippen MR) is 78.8 cm³/mol. The van der Waals surface area contributed by atoms with Crippen molar-refractivity contribution in [3.05, 3.63) is 60.3 Å². The van der Waals surface area contributed by atoms with E-state index in [4.69, 9.17) is 11.6 Å². The van der Waals surface area contributed by atoms with Crippen LogP contribution >= 0.6 is 11.6 Å². The van der Waals surface area contributed by atoms with Gasteiger partial charge >= 0.3 is 0 Å². The van der Waals surface area contributed by atoms with Crippen molar-refractivity contribution in [2.45, 2.75) is 5.88 Å². The molecular weight excluding hydrogens is 258 g/mol. The van der Waals surface area contributed by atoms with Crippen LogP contribution in [0.25, 0.3) is 10.8 Å². The number of fused-ring (bicyclic) bond motifs is 1. The summed E-state index contributed by atoms with van der Waals surface area (Å²) >= 11 is 5.77. The van der Waals surface area contributed by atoms with Crippen LogP contribution in [0, 0.1) is 0 Å². The fourth-order valence-electron chi connectivity index (χ4n) is 1.93. The Morgan fingerprint density at radius 3 is 2.58 bits per heavy atom. The second kappa shape index (κ2) is 5.24. The number of aromatic nitrogens is 2. The number of nitrogens with one attached hydrogen (secondary N) is 1. The molecule has 3 aromatic rings. The van der Waals surface area contributed by atoms with E-state index < -0.39 is 0 Å². The number of hydrogen-bond acceptors (Lipinski definition) is 3. The minimum atomic E-state index is 0.522. The van der Waals surface area contributed by atoms with E-state index in [1.54, 1.807) is 6.20 Å². The van der Waals surface area contributed by atoms with Gasteiger partial charge < -0.3 is 5.32 Å². The first-order valence-electron chi connectivity index (χ1n) is 5.99. The van der Waals surface area contributed by atoms with E-state index in [1.165, 1.54) is 0 Å². The molecule has 0 saturated carbocycles. The van der Waals surface area contributed by atoms with Crippen LogP contribution in [-0.2, 0) is 5.88 Å². The van der Waals surface area contributed by atoms with Gasteiger partial charge in [0.15, 0.2) is 5.82 Å². The molecule has 0 aliphatic heterocycles. The lowest BCUT2D eigenvalue weighted by atomic mass is 10.2. The molecule has 3 rings (SSSR count). The molecule has 2 aromatic carbocycles. The zero-order valence-electron chi connectivity index (χ0n) is 10.2. The summed E-state index contributed by atoms with van der Waals surface area (Å²) in [6, 6.07) is 16.0. The number of rotatable bonds is 3. The SMILES string of the molecule is ClCc1ccc(Nc2nncc3ccccc23)cc1. The van der Waals surface area contributed by atoms with Crippen molar-refractivity contribution in [2.24, 2.45) is 0 Å². The average Bonchev–Trinajstić information content (AvgIpc) is 2.48. The highest BCUT2D eigenvalue weighted by molar-refractivity contribution is 6.17. The monoisotopic (exact) mass is 269 g/mol. The Morgan fingerprint density at radius 1 is 1.00 bits per heavy atom. The molecule has 0 aliphatic rings. The van der Waals surface area contributed by atoms with Crippen LogP contribution in [0.4, 0.5) is 11.5 Å². The van der Waals surface area contributed by atoms with Gasteiger partial charge in [-0.25, -0.2) is 0 Å². The maximum absolute atomic E-state index is 5.77. The maximum atomic E-state index is 5.77. The highest BCUT2D eigenvalue weighted by Crippen LogP contribution is 2.23. The summed E-state index contributed by atoms with van der Waals surface area (Å²) in [5, 5.41) is 13.6. The third-order valence-corrected chi connectivity index (χ3v) is 3.25. The molecule has 0 atom stereocenters. The van der Waals surface area contributed by atoms with Crippen molar-refractivity contribution >= 4 is 33.9 Å². The van der Waals surface area contributed by atoms with E-state index in [0.717, 1.165) is 27.8 Å². The van der Waals surface area contributed by atoms with Gasteiger partial charge in [-0.1, -0.05) is 36.4 Å². The molecule has 0 spiro atoms. The number of halogens is 1. The average molecular weight is 270 g/mol. The molecular formula is C15H12ClN3. The Morgan fingerprint density at radius 2 is 1.79 bits per heavy atom. The summed E-state index contributed by atoms with van der Waals surface area (Å²) in [5.41, 5.74) is 2.07. The van der Waals surface area contributed by atoms with Gasteiger partial charge in [0.25, 0.3) is 0 Å². The molecule has 4 heteroatoms. The molecule has 19 heavy (non-hydrogen) atoms. The molecule has 0 saturated heterocycles. The van der Waals surface area contributed by atoms with E-state index in [9.17, 15) is 0 Å². The van der Waals surface area contributed by atoms with Crippen LogP contribution < -0.4 is 5.32 Å². The molecule has 0 unspecified atom stereocenters. The molecule has 0 amide bonds. The summed E-state index contributed by atoms with van der Waals surface area (Å²) in [6.45, 7) is 0. The van der Waals surface area contributed by atoms with Crippen LogP contribution in [-0.4, -0.2) is 10.2 Å². The standard InChI is InChI=1S/C15H12ClN3/c16-9-11-5-7-13(8-6-11)18-15-14-4-2-1-3-12(14)10-17-19-15/h1-8,10H,9H2,(H,18,19). The summed E-state index contributed by atoms with van der Waals surface area (Å²) < 4.78 is 0. The van der Waals surface area contributed by atoms with E-state index in [2.05, 4.69) is 15.5 Å². The molecule has 0 radical (unpaired) electrons. The molecule has 0 bridgehead atoms. The number of benzene rings is 2. The highest BCUT2D eigenvalue weighted by Gasteiger charge is 2.03. The van der Waals surface area contributed by atoms with Crippen LogP contribution in [0.2, 0.25) is 0 Å². The largest absolute Gasteiger partial charge is 0.338 e. The molecule has 1 heterocycles. The molecule has 1 N–H and O–H groups in total. The van der Waals surface area contributed by atoms with Gasteiger partial charge in [-0.05, 0) is 17.7 Å². The van der Waals surface area contributed by atoms with E-state index in [-0.39, 0.29) is 0 Å². The Kier molecular flexibility index (Phi) is 3.29. The fourth-order valence-corrected chi connectivity index (χ4v) is 2.11. The van der Waals surface area contributed by atoms with Crippen molar-refractivity contribution in [1.82, 2.24) is 10.2 Å². The topological polar surface area (TPSA) is 37.8 Å². The van der Waals surface area contributed by atoms with Crippen molar-refractivity contribution in [3.8, 4) is 0 Å². The first kappa shape index (κ1) is 11.9. The van der Waals surface area contributed by atoms with Gasteiger partial charge in [0.05, 0.1) is 6.20 Å². The molecule has 0 aliphatic carbocycles. The number of nitrogens with zero attached hydrogens (tertiary/aromatic N) is 2. The van der Waals surface area contributed by atoms with Crippen molar-refractivity contribution in [3.63, 3.8) is 0 Å². The Bertz CT molecular complexity index is 690. The molecule has 3 nitrogen and oxygen atoms in total. The molecule has 0 fully saturated rings. The van der Waals surface area contributed by atoms with Crippen LogP contribution in [0.5, 0.6) is 0 Å². The number of anilines is 2. The van der Waals surface area contributed by atoms with E-state index in [1.807, 2.05) is 48.5 Å². The Hall–Kier alpha value is -2.13. The van der Waals surface area contributed by atoms with Crippen molar-refractivity contribution in [2.75, 3.05) is 5.32 Å². The van der Waals surface area contributed by atoms with Crippen LogP contribution in [0.3, 0.4) is 0 Å². The minimum absolute atomic E-state index is 0.522. The summed E-state index contributed by atoms with van der Waals surface area (Å²) in [6.07, 6.45) is 1.76. The Labute approximate surface area is 116 Å². The van der Waals surface area contributed by atoms with Gasteiger partial charge in [0, 0.05) is 22.3 Å². The van der Waals surface area contributed by atoms with Gasteiger partial charge in [-0.15, -0.1) is 16.7 Å². The van der Waals surface area contributed by atoms with Gasteiger partial charge in [0.2, 0.25) is 0 Å². The van der Waals surface area contributed by atoms with Gasteiger partial charge in [-0.2, -0.15) is 5.10 Å². The number of hydrogen-bond donors (Lipinski definition) is 1. The van der Waals surface area contributed by atoms with E-state index >= 15 is 0 Å². The zero-order valence-corrected chi connectivity index (χ0v) is 10.9. The van der Waals surface area contributed by atoms with Crippen molar-refractivity contribution in [1.29, 1.82) is 0 Å². The first-order valence-corrected chi connectivity index (χ1v) is 6.52. The first-order chi connectivity index (χ1) is 9.36. The third-order valence-electron chi connectivity index (χ3n) is 2.94. The fraction of sp³-hybridized carbons (Fsp3) is 0.0667. The van der Waals surface area contributed by atoms with Crippen LogP contribution in [0.1, 0.15) is 5.56 Å². The smallest absolute Gasteiger partial charge is 0.160 e. The predicted octanol–water partition coefficient (Wildman–Crippen LogP) is 4.11. The number of alkyl halides is 1. The zero-order chi connectivity index (χ0) is 13.1. The van der Waals surface area contributed by atoms with Gasteiger partial charge in [-0.3, -0.25) is 0 Å². The van der Waals surface area contributed by atoms with Gasteiger partial charge in [0.1, 0.15) is 0 Å². The Balaban J connectivity index is 1.96. The van der Waals surface area contributed by atoms with Crippen LogP contribution in [0.15, 0.2) is 54.7 Å². The summed E-state index contributed by atoms with van der Waals surface area (Å²) in [4.78, 5) is 0. The van der Waals surface area contributed by atoms with E-state index in [0.29, 0.717) is 5.88 Å². The second-order valence-corrected chi connectivity index (χ2v) is 4.50. The highest BCUT2D eigenvalue weighted by atomic mass is 35.5. The second-order valence-electron chi connectivity index (χ2n) is 4.24. The maximum Gasteiger partial charge on any atom is 0.160 e.